The first-order chi connectivity index (χ1) is 27.2. The van der Waals surface area contributed by atoms with Crippen LogP contribution in [0.4, 0.5) is 23.7 Å². The highest BCUT2D eigenvalue weighted by Crippen LogP contribution is 2.61. The van der Waals surface area contributed by atoms with Gasteiger partial charge in [-0.2, -0.15) is 0 Å². The zero-order valence-corrected chi connectivity index (χ0v) is 40.8. The molecule has 1 aliphatic heterocycles. The maximum Gasteiger partial charge on any atom is 0.339 e. The van der Waals surface area contributed by atoms with Crippen molar-refractivity contribution < 1.29 is 32.1 Å². The molecule has 14 nitrogen and oxygen atoms in total. The minimum Gasteiger partial charge on any atom is -0.287 e. The molecule has 346 valence electrons. The Morgan fingerprint density at radius 2 is 0.905 bits per heavy atom. The molecular formula is C37H38Cl5F3I3N6O8P. The maximum atomic E-state index is 13.8. The summed E-state index contributed by atoms with van der Waals surface area (Å²) in [6.07, 6.45) is -0.437. The SMILES string of the molecule is C.C.C.C.CN1C(=O)CC(=O)N(c2ccc(I)cc2F)C1=O.Cn1c(=O)cc(Cl)n(-c2ccc(I)cc2F)c1=O.Cn1c(Cl)cc(=O)n(-c2ccc(I)cc2F)c1=O.O=P(Cl)(Cl)Cl. The molecule has 3 heterocycles. The molecule has 2 aromatic heterocycles. The monoisotopic (exact) mass is 1340 g/mol. The lowest BCUT2D eigenvalue weighted by molar-refractivity contribution is -0.134. The number of nitrogens with zero attached hydrogens (tertiary/aromatic N) is 6. The molecule has 63 heavy (non-hydrogen) atoms. The fourth-order valence-corrected chi connectivity index (χ4v) is 6.34. The van der Waals surface area contributed by atoms with Crippen LogP contribution in [0.2, 0.25) is 10.3 Å². The van der Waals surface area contributed by atoms with Crippen LogP contribution in [0.15, 0.2) is 85.9 Å². The van der Waals surface area contributed by atoms with E-state index in [0.717, 1.165) is 35.3 Å². The first-order valence-electron chi connectivity index (χ1n) is 15.4. The van der Waals surface area contributed by atoms with Gasteiger partial charge in [-0.1, -0.05) is 52.9 Å². The molecule has 6 rings (SSSR count). The molecule has 0 saturated carbocycles. The molecule has 1 fully saturated rings. The van der Waals surface area contributed by atoms with Crippen LogP contribution in [0.5, 0.6) is 0 Å². The van der Waals surface area contributed by atoms with E-state index in [1.54, 1.807) is 18.2 Å². The van der Waals surface area contributed by atoms with E-state index in [1.165, 1.54) is 57.5 Å². The molecular weight excluding hydrogens is 1300 g/mol. The lowest BCUT2D eigenvalue weighted by atomic mass is 10.2. The van der Waals surface area contributed by atoms with E-state index in [4.69, 9.17) is 23.2 Å². The molecule has 0 unspecified atom stereocenters. The number of benzene rings is 3. The molecule has 0 radical (unpaired) electrons. The Balaban J connectivity index is 0. The average Bonchev–Trinajstić information content (AvgIpc) is 3.11. The molecule has 26 heteroatoms. The number of hydrogen-bond donors (Lipinski definition) is 0. The molecule has 1 aliphatic rings. The highest BCUT2D eigenvalue weighted by atomic mass is 127. The minimum atomic E-state index is -3.22. The van der Waals surface area contributed by atoms with Crippen molar-refractivity contribution >= 4 is 153 Å². The van der Waals surface area contributed by atoms with Gasteiger partial charge in [-0.05, 0) is 156 Å². The summed E-state index contributed by atoms with van der Waals surface area (Å²) in [6.45, 7) is 0. The molecule has 0 spiro atoms. The van der Waals surface area contributed by atoms with Crippen molar-refractivity contribution in [2.24, 2.45) is 14.1 Å². The van der Waals surface area contributed by atoms with Crippen LogP contribution < -0.4 is 27.4 Å². The molecule has 0 bridgehead atoms. The second-order valence-corrected chi connectivity index (χ2v) is 22.4. The van der Waals surface area contributed by atoms with Crippen molar-refractivity contribution in [3.63, 3.8) is 0 Å². The van der Waals surface area contributed by atoms with E-state index in [-0.39, 0.29) is 57.1 Å². The van der Waals surface area contributed by atoms with Crippen molar-refractivity contribution in [2.75, 3.05) is 11.9 Å². The summed E-state index contributed by atoms with van der Waals surface area (Å²) in [5.41, 5.74) is -2.78. The Morgan fingerprint density at radius 1 is 0.540 bits per heavy atom. The van der Waals surface area contributed by atoms with Crippen LogP contribution in [0, 0.1) is 28.2 Å². The number of halogens is 11. The number of carbonyl (C=O) groups is 3. The second-order valence-electron chi connectivity index (χ2n) is 11.3. The van der Waals surface area contributed by atoms with E-state index >= 15 is 0 Å². The Morgan fingerprint density at radius 3 is 1.32 bits per heavy atom. The van der Waals surface area contributed by atoms with Gasteiger partial charge < -0.3 is 0 Å². The summed E-state index contributed by atoms with van der Waals surface area (Å²) >= 11 is 31.2. The fraction of sp³-hybridized carbons (Fsp3) is 0.216. The summed E-state index contributed by atoms with van der Waals surface area (Å²) in [4.78, 5) is 83.2. The molecule has 0 N–H and O–H groups in total. The maximum absolute atomic E-state index is 13.8. The van der Waals surface area contributed by atoms with Gasteiger partial charge in [0.15, 0.2) is 0 Å². The smallest absolute Gasteiger partial charge is 0.287 e. The Hall–Kier alpha value is -2.71. The number of anilines is 1. The third-order valence-corrected chi connectivity index (χ3v) is 10.0. The molecule has 0 atom stereocenters. The number of barbiturate groups is 1. The zero-order valence-electron chi connectivity index (χ0n) is 29.6. The lowest BCUT2D eigenvalue weighted by Crippen LogP contribution is -2.53. The van der Waals surface area contributed by atoms with E-state index in [0.29, 0.717) is 15.6 Å². The number of aromatic nitrogens is 4. The van der Waals surface area contributed by atoms with Crippen LogP contribution >= 0.6 is 130 Å². The predicted molar refractivity (Wildman–Crippen MR) is 271 cm³/mol. The molecule has 3 aromatic carbocycles. The lowest BCUT2D eigenvalue weighted by Gasteiger charge is -2.30. The second kappa shape index (κ2) is 26.4. The van der Waals surface area contributed by atoms with Crippen molar-refractivity contribution in [2.45, 2.75) is 36.1 Å². The quantitative estimate of drug-likeness (QED) is 0.0746. The van der Waals surface area contributed by atoms with Gasteiger partial charge in [0.05, 0.1) is 17.1 Å². The van der Waals surface area contributed by atoms with E-state index in [1.807, 2.05) is 67.8 Å². The van der Waals surface area contributed by atoms with Gasteiger partial charge in [0.1, 0.15) is 34.2 Å². The Kier molecular flexibility index (Phi) is 26.2. The zero-order chi connectivity index (χ0) is 44.8. The summed E-state index contributed by atoms with van der Waals surface area (Å²) in [5, 5.41) is -3.34. The van der Waals surface area contributed by atoms with Crippen LogP contribution in [-0.2, 0) is 28.2 Å². The van der Waals surface area contributed by atoms with Crippen molar-refractivity contribution in [3.8, 4) is 11.4 Å². The van der Waals surface area contributed by atoms with E-state index in [9.17, 15) is 51.3 Å². The standard InChI is InChI=1S/2C11H7ClFIN2O2.C11H8FIN2O3.4CH4.Cl3OP/c1-15-10(17)5-9(12)16(11(15)18)8-3-2-6(14)4-7(8)13;1-15-9(12)5-10(17)16(11(15)18)8-3-2-6(14)4-7(8)13;1-14-9(16)5-10(17)15(11(14)18)8-3-2-6(13)4-7(8)12;;;;;1-5(2,3)4/h2*2-5H,1H3;2-4H,5H2,1H3;4*1H4;. The van der Waals surface area contributed by atoms with Gasteiger partial charge >= 0.3 is 22.6 Å². The number of carbonyl (C=O) groups excluding carboxylic acids is 3. The van der Waals surface area contributed by atoms with Gasteiger partial charge in [0.2, 0.25) is 11.8 Å². The van der Waals surface area contributed by atoms with Gasteiger partial charge in [-0.3, -0.25) is 37.8 Å². The number of rotatable bonds is 3. The predicted octanol–water partition coefficient (Wildman–Crippen LogP) is 11.0. The molecule has 1 saturated heterocycles. The number of amides is 4. The van der Waals surface area contributed by atoms with Gasteiger partial charge in [-0.15, -0.1) is 0 Å². The minimum absolute atomic E-state index is 0. The van der Waals surface area contributed by atoms with Crippen molar-refractivity contribution in [1.82, 2.24) is 23.2 Å². The first kappa shape index (κ1) is 62.4. The van der Waals surface area contributed by atoms with Crippen molar-refractivity contribution in [1.29, 1.82) is 0 Å². The van der Waals surface area contributed by atoms with Crippen LogP contribution in [0.25, 0.3) is 11.4 Å². The molecule has 4 amide bonds. The number of hydrogen-bond acceptors (Lipinski definition) is 8. The molecule has 0 aliphatic carbocycles. The van der Waals surface area contributed by atoms with Crippen LogP contribution in [0.1, 0.15) is 36.1 Å². The largest absolute Gasteiger partial charge is 0.339 e. The number of urea groups is 1. The number of imide groups is 2. The Labute approximate surface area is 425 Å². The Bertz CT molecular complexity index is 2780. The summed E-state index contributed by atoms with van der Waals surface area (Å²) in [6, 6.07) is 14.0. The summed E-state index contributed by atoms with van der Waals surface area (Å²) < 4.78 is 56.5. The van der Waals surface area contributed by atoms with E-state index < -0.39 is 69.4 Å². The van der Waals surface area contributed by atoms with Crippen molar-refractivity contribution in [3.05, 3.63) is 147 Å². The third-order valence-electron chi connectivity index (χ3n) is 7.38. The van der Waals surface area contributed by atoms with Crippen LogP contribution in [0.3, 0.4) is 0 Å². The van der Waals surface area contributed by atoms with Gasteiger partial charge in [0, 0.05) is 44.0 Å². The normalized spacial score (nSPS) is 11.7. The fourth-order valence-electron chi connectivity index (χ4n) is 4.55. The molecule has 5 aromatic rings. The van der Waals surface area contributed by atoms with Gasteiger partial charge in [-0.25, -0.2) is 41.6 Å². The highest BCUT2D eigenvalue weighted by molar-refractivity contribution is 14.1. The summed E-state index contributed by atoms with van der Waals surface area (Å²) in [7, 11) is 3.97. The van der Waals surface area contributed by atoms with Gasteiger partial charge in [0.25, 0.3) is 11.1 Å². The van der Waals surface area contributed by atoms with E-state index in [2.05, 4.69) is 33.7 Å². The average molecular weight is 1340 g/mol. The highest BCUT2D eigenvalue weighted by Gasteiger charge is 2.37. The third kappa shape index (κ3) is 16.6. The topological polar surface area (TPSA) is 163 Å². The van der Waals surface area contributed by atoms with Crippen LogP contribution in [-0.4, -0.2) is 48.1 Å². The summed E-state index contributed by atoms with van der Waals surface area (Å²) in [5.74, 6) is -3.20. The first-order valence-corrected chi connectivity index (χ1v) is 23.8.